The molecular weight excluding hydrogens is 278 g/mol. The van der Waals surface area contributed by atoms with Gasteiger partial charge in [-0.2, -0.15) is 0 Å². The van der Waals surface area contributed by atoms with E-state index in [0.29, 0.717) is 17.1 Å². The SMILES string of the molecule is O=[N+]([O-])c1ccc(Cl)c(CN2CCC(F)(F)CC2)c1. The van der Waals surface area contributed by atoms with Crippen LogP contribution in [0.5, 0.6) is 0 Å². The highest BCUT2D eigenvalue weighted by atomic mass is 35.5. The van der Waals surface area contributed by atoms with Gasteiger partial charge in [0.05, 0.1) is 4.92 Å². The van der Waals surface area contributed by atoms with Gasteiger partial charge in [0.2, 0.25) is 0 Å². The van der Waals surface area contributed by atoms with E-state index in [1.807, 2.05) is 4.90 Å². The van der Waals surface area contributed by atoms with Gasteiger partial charge in [0.15, 0.2) is 0 Å². The molecule has 7 heteroatoms. The van der Waals surface area contributed by atoms with Gasteiger partial charge in [0.1, 0.15) is 0 Å². The second kappa shape index (κ2) is 5.38. The lowest BCUT2D eigenvalue weighted by Crippen LogP contribution is -2.38. The van der Waals surface area contributed by atoms with E-state index < -0.39 is 10.8 Å². The molecule has 2 rings (SSSR count). The Bertz CT molecular complexity index is 487. The summed E-state index contributed by atoms with van der Waals surface area (Å²) in [6.45, 7) is 0.897. The number of rotatable bonds is 3. The van der Waals surface area contributed by atoms with Crippen molar-refractivity contribution in [3.8, 4) is 0 Å². The Balaban J connectivity index is 2.07. The fourth-order valence-corrected chi connectivity index (χ4v) is 2.25. The number of nitro benzene ring substituents is 1. The first kappa shape index (κ1) is 14.1. The highest BCUT2D eigenvalue weighted by Gasteiger charge is 2.34. The Morgan fingerprint density at radius 2 is 2.00 bits per heavy atom. The number of likely N-dealkylation sites (tertiary alicyclic amines) is 1. The van der Waals surface area contributed by atoms with Crippen molar-refractivity contribution in [1.82, 2.24) is 4.90 Å². The van der Waals surface area contributed by atoms with Crippen LogP contribution in [-0.4, -0.2) is 28.8 Å². The molecule has 0 saturated carbocycles. The first-order valence-electron chi connectivity index (χ1n) is 5.90. The molecule has 0 aliphatic carbocycles. The number of hydrogen-bond acceptors (Lipinski definition) is 3. The summed E-state index contributed by atoms with van der Waals surface area (Å²) in [6.07, 6.45) is -0.362. The molecule has 0 aromatic heterocycles. The van der Waals surface area contributed by atoms with Gasteiger partial charge >= 0.3 is 0 Å². The molecular formula is C12H13ClF2N2O2. The van der Waals surface area contributed by atoms with E-state index in [2.05, 4.69) is 0 Å². The first-order valence-corrected chi connectivity index (χ1v) is 6.28. The zero-order chi connectivity index (χ0) is 14.0. The standard InChI is InChI=1S/C12H13ClF2N2O2/c13-11-2-1-10(17(18)19)7-9(11)8-16-5-3-12(14,15)4-6-16/h1-2,7H,3-6,8H2. The zero-order valence-electron chi connectivity index (χ0n) is 10.1. The van der Waals surface area contributed by atoms with Crippen LogP contribution in [0, 0.1) is 10.1 Å². The van der Waals surface area contributed by atoms with Crippen LogP contribution < -0.4 is 0 Å². The first-order chi connectivity index (χ1) is 8.87. The highest BCUT2D eigenvalue weighted by Crippen LogP contribution is 2.30. The van der Waals surface area contributed by atoms with Gasteiger partial charge in [-0.25, -0.2) is 8.78 Å². The van der Waals surface area contributed by atoms with Gasteiger partial charge in [0, 0.05) is 49.6 Å². The minimum absolute atomic E-state index is 0.0401. The van der Waals surface area contributed by atoms with Crippen molar-refractivity contribution >= 4 is 17.3 Å². The molecule has 0 spiro atoms. The number of non-ortho nitro benzene ring substituents is 1. The number of hydrogen-bond donors (Lipinski definition) is 0. The third-order valence-corrected chi connectivity index (χ3v) is 3.59. The van der Waals surface area contributed by atoms with Crippen molar-refractivity contribution in [2.75, 3.05) is 13.1 Å². The van der Waals surface area contributed by atoms with E-state index in [4.69, 9.17) is 11.6 Å². The summed E-state index contributed by atoms with van der Waals surface area (Å²) < 4.78 is 26.0. The van der Waals surface area contributed by atoms with E-state index in [1.165, 1.54) is 18.2 Å². The molecule has 0 atom stereocenters. The van der Waals surface area contributed by atoms with Gasteiger partial charge in [-0.15, -0.1) is 0 Å². The summed E-state index contributed by atoms with van der Waals surface area (Å²) in [5, 5.41) is 11.1. The molecule has 1 fully saturated rings. The van der Waals surface area contributed by atoms with E-state index in [0.717, 1.165) is 0 Å². The van der Waals surface area contributed by atoms with Gasteiger partial charge in [-0.3, -0.25) is 15.0 Å². The fourth-order valence-electron chi connectivity index (χ4n) is 2.08. The lowest BCUT2D eigenvalue weighted by atomic mass is 10.1. The normalized spacial score (nSPS) is 19.3. The van der Waals surface area contributed by atoms with Crippen molar-refractivity contribution in [3.63, 3.8) is 0 Å². The summed E-state index contributed by atoms with van der Waals surface area (Å²) in [6, 6.07) is 4.19. The molecule has 1 aromatic carbocycles. The van der Waals surface area contributed by atoms with E-state index in [1.54, 1.807) is 0 Å². The van der Waals surface area contributed by atoms with E-state index in [9.17, 15) is 18.9 Å². The molecule has 1 aromatic rings. The third-order valence-electron chi connectivity index (χ3n) is 3.22. The number of nitro groups is 1. The van der Waals surface area contributed by atoms with Crippen molar-refractivity contribution < 1.29 is 13.7 Å². The van der Waals surface area contributed by atoms with Crippen LogP contribution in [-0.2, 0) is 6.54 Å². The maximum absolute atomic E-state index is 13.0. The lowest BCUT2D eigenvalue weighted by Gasteiger charge is -2.31. The maximum Gasteiger partial charge on any atom is 0.269 e. The van der Waals surface area contributed by atoms with Crippen molar-refractivity contribution in [2.24, 2.45) is 0 Å². The molecule has 104 valence electrons. The molecule has 0 amide bonds. The average molecular weight is 291 g/mol. The van der Waals surface area contributed by atoms with Crippen LogP contribution in [0.25, 0.3) is 0 Å². The number of piperidine rings is 1. The monoisotopic (exact) mass is 290 g/mol. The molecule has 1 saturated heterocycles. The van der Waals surface area contributed by atoms with E-state index in [-0.39, 0.29) is 31.6 Å². The maximum atomic E-state index is 13.0. The Morgan fingerprint density at radius 1 is 1.37 bits per heavy atom. The zero-order valence-corrected chi connectivity index (χ0v) is 10.9. The summed E-state index contributed by atoms with van der Waals surface area (Å²) in [5.41, 5.74) is 0.558. The second-order valence-electron chi connectivity index (χ2n) is 4.66. The lowest BCUT2D eigenvalue weighted by molar-refractivity contribution is -0.384. The van der Waals surface area contributed by atoms with Crippen molar-refractivity contribution in [2.45, 2.75) is 25.3 Å². The third kappa shape index (κ3) is 3.61. The predicted octanol–water partition coefficient (Wildman–Crippen LogP) is 3.48. The summed E-state index contributed by atoms with van der Waals surface area (Å²) >= 11 is 5.98. The summed E-state index contributed by atoms with van der Waals surface area (Å²) in [5.74, 6) is -2.59. The van der Waals surface area contributed by atoms with Gasteiger partial charge < -0.3 is 0 Å². The van der Waals surface area contributed by atoms with E-state index >= 15 is 0 Å². The van der Waals surface area contributed by atoms with Crippen LogP contribution in [0.3, 0.4) is 0 Å². The molecule has 0 unspecified atom stereocenters. The predicted molar refractivity (Wildman–Crippen MR) is 67.6 cm³/mol. The Hall–Kier alpha value is -1.27. The minimum atomic E-state index is -2.59. The second-order valence-corrected chi connectivity index (χ2v) is 5.07. The average Bonchev–Trinajstić information content (AvgIpc) is 2.34. The Morgan fingerprint density at radius 3 is 2.58 bits per heavy atom. The molecule has 0 bridgehead atoms. The van der Waals surface area contributed by atoms with Gasteiger partial charge in [-0.1, -0.05) is 11.6 Å². The Kier molecular flexibility index (Phi) is 4.01. The molecule has 0 radical (unpaired) electrons. The van der Waals surface area contributed by atoms with Crippen LogP contribution in [0.4, 0.5) is 14.5 Å². The summed E-state index contributed by atoms with van der Waals surface area (Å²) in [7, 11) is 0. The molecule has 1 aliphatic rings. The minimum Gasteiger partial charge on any atom is -0.299 e. The molecule has 1 aliphatic heterocycles. The number of nitrogens with zero attached hydrogens (tertiary/aromatic N) is 2. The topological polar surface area (TPSA) is 46.4 Å². The van der Waals surface area contributed by atoms with Crippen molar-refractivity contribution in [3.05, 3.63) is 38.9 Å². The largest absolute Gasteiger partial charge is 0.299 e. The molecule has 4 nitrogen and oxygen atoms in total. The van der Waals surface area contributed by atoms with Crippen LogP contribution in [0.15, 0.2) is 18.2 Å². The Labute approximate surface area is 114 Å². The van der Waals surface area contributed by atoms with Crippen LogP contribution in [0.2, 0.25) is 5.02 Å². The number of benzene rings is 1. The van der Waals surface area contributed by atoms with Gasteiger partial charge in [0.25, 0.3) is 11.6 Å². The fraction of sp³-hybridized carbons (Fsp3) is 0.500. The quantitative estimate of drug-likeness (QED) is 0.632. The number of alkyl halides is 2. The van der Waals surface area contributed by atoms with Crippen LogP contribution in [0.1, 0.15) is 18.4 Å². The van der Waals surface area contributed by atoms with Crippen molar-refractivity contribution in [1.29, 1.82) is 0 Å². The molecule has 0 N–H and O–H groups in total. The van der Waals surface area contributed by atoms with Crippen LogP contribution >= 0.6 is 11.6 Å². The van der Waals surface area contributed by atoms with Gasteiger partial charge in [-0.05, 0) is 11.6 Å². The summed E-state index contributed by atoms with van der Waals surface area (Å²) in [4.78, 5) is 12.0. The highest BCUT2D eigenvalue weighted by molar-refractivity contribution is 6.31. The molecule has 19 heavy (non-hydrogen) atoms. The number of halogens is 3. The molecule has 1 heterocycles. The smallest absolute Gasteiger partial charge is 0.269 e.